The largest absolute Gasteiger partial charge is 0.454 e. The Kier molecular flexibility index (Phi) is 3.85. The van der Waals surface area contributed by atoms with Crippen LogP contribution in [0.25, 0.3) is 0 Å². The van der Waals surface area contributed by atoms with Gasteiger partial charge in [0.2, 0.25) is 0 Å². The zero-order chi connectivity index (χ0) is 14.9. The zero-order valence-electron chi connectivity index (χ0n) is 9.71. The summed E-state index contributed by atoms with van der Waals surface area (Å²) < 4.78 is 56.5. The van der Waals surface area contributed by atoms with Crippen molar-refractivity contribution in [3.05, 3.63) is 46.4 Å². The Hall–Kier alpha value is -1.83. The molecular weight excluding hydrogens is 344 g/mol. The Balaban J connectivity index is 2.40. The number of ether oxygens (including phenoxy) is 1. The highest BCUT2D eigenvalue weighted by molar-refractivity contribution is 9.10. The molecule has 0 fully saturated rings. The van der Waals surface area contributed by atoms with Gasteiger partial charge in [0.05, 0.1) is 21.9 Å². The van der Waals surface area contributed by atoms with E-state index in [0.717, 1.165) is 6.07 Å². The van der Waals surface area contributed by atoms with Gasteiger partial charge in [0.15, 0.2) is 5.75 Å². The van der Waals surface area contributed by atoms with Crippen LogP contribution in [0.15, 0.2) is 35.1 Å². The predicted molar refractivity (Wildman–Crippen MR) is 67.8 cm³/mol. The maximum absolute atomic E-state index is 13.1. The van der Waals surface area contributed by atoms with Gasteiger partial charge >= 0.3 is 6.18 Å². The highest BCUT2D eigenvalue weighted by atomic mass is 79.9. The lowest BCUT2D eigenvalue weighted by atomic mass is 10.2. The summed E-state index contributed by atoms with van der Waals surface area (Å²) in [5, 5.41) is 0. The highest BCUT2D eigenvalue weighted by Gasteiger charge is 2.34. The van der Waals surface area contributed by atoms with Crippen molar-refractivity contribution in [3.8, 4) is 11.5 Å². The number of alkyl halides is 3. The number of nitrogen functional groups attached to an aromatic ring is 1. The molecule has 3 nitrogen and oxygen atoms in total. The lowest BCUT2D eigenvalue weighted by Gasteiger charge is -2.12. The number of pyridine rings is 1. The Morgan fingerprint density at radius 1 is 1.20 bits per heavy atom. The van der Waals surface area contributed by atoms with Gasteiger partial charge in [0, 0.05) is 6.20 Å². The number of halogens is 5. The fourth-order valence-corrected chi connectivity index (χ4v) is 1.88. The van der Waals surface area contributed by atoms with E-state index < -0.39 is 17.6 Å². The van der Waals surface area contributed by atoms with Gasteiger partial charge in [0.1, 0.15) is 11.6 Å². The van der Waals surface area contributed by atoms with Gasteiger partial charge in [-0.05, 0) is 34.1 Å². The molecule has 2 N–H and O–H groups in total. The zero-order valence-corrected chi connectivity index (χ0v) is 11.3. The third kappa shape index (κ3) is 3.01. The number of hydrogen-bond donors (Lipinski definition) is 1. The van der Waals surface area contributed by atoms with Gasteiger partial charge in [-0.3, -0.25) is 4.98 Å². The molecular formula is C12H7BrF4N2O. The van der Waals surface area contributed by atoms with E-state index in [0.29, 0.717) is 16.6 Å². The molecule has 0 saturated heterocycles. The number of nitrogens with zero attached hydrogens (tertiary/aromatic N) is 1. The monoisotopic (exact) mass is 350 g/mol. The van der Waals surface area contributed by atoms with E-state index in [9.17, 15) is 17.6 Å². The Morgan fingerprint density at radius 3 is 2.50 bits per heavy atom. The lowest BCUT2D eigenvalue weighted by molar-refractivity contribution is -0.140. The van der Waals surface area contributed by atoms with Crippen molar-refractivity contribution in [2.45, 2.75) is 6.18 Å². The van der Waals surface area contributed by atoms with E-state index >= 15 is 0 Å². The number of rotatable bonds is 2. The third-order valence-corrected chi connectivity index (χ3v) is 2.91. The number of hydrogen-bond acceptors (Lipinski definition) is 3. The van der Waals surface area contributed by atoms with Crippen LogP contribution >= 0.6 is 15.9 Å². The molecule has 0 aliphatic heterocycles. The topological polar surface area (TPSA) is 48.1 Å². The van der Waals surface area contributed by atoms with Crippen molar-refractivity contribution < 1.29 is 22.3 Å². The molecule has 0 spiro atoms. The summed E-state index contributed by atoms with van der Waals surface area (Å²) in [6.45, 7) is 0. The molecule has 1 aromatic carbocycles. The van der Waals surface area contributed by atoms with Crippen molar-refractivity contribution in [1.82, 2.24) is 4.98 Å². The molecule has 8 heteroatoms. The van der Waals surface area contributed by atoms with E-state index in [4.69, 9.17) is 10.5 Å². The van der Waals surface area contributed by atoms with E-state index in [1.54, 1.807) is 0 Å². The Labute approximate surface area is 119 Å². The number of benzene rings is 1. The van der Waals surface area contributed by atoms with Crippen molar-refractivity contribution >= 4 is 21.6 Å². The Morgan fingerprint density at radius 2 is 1.90 bits per heavy atom. The first-order valence-corrected chi connectivity index (χ1v) is 6.02. The number of aromatic nitrogens is 1. The molecule has 1 heterocycles. The second-order valence-corrected chi connectivity index (χ2v) is 4.64. The van der Waals surface area contributed by atoms with Gasteiger partial charge in [0.25, 0.3) is 0 Å². The molecule has 106 valence electrons. The minimum absolute atomic E-state index is 0.111. The first-order chi connectivity index (χ1) is 9.29. The van der Waals surface area contributed by atoms with E-state index in [2.05, 4.69) is 20.9 Å². The van der Waals surface area contributed by atoms with Crippen LogP contribution in [0.2, 0.25) is 0 Å². The average molecular weight is 351 g/mol. The molecule has 0 radical (unpaired) electrons. The standard InChI is InChI=1S/C12H7BrF4N2O/c13-8-4-19-5-10(18)11(8)20-6-1-2-9(14)7(3-6)12(15,16)17/h1-5H,18H2. The molecule has 0 amide bonds. The second-order valence-electron chi connectivity index (χ2n) is 3.78. The first-order valence-electron chi connectivity index (χ1n) is 5.22. The van der Waals surface area contributed by atoms with Crippen molar-refractivity contribution in [2.24, 2.45) is 0 Å². The maximum Gasteiger partial charge on any atom is 0.419 e. The van der Waals surface area contributed by atoms with E-state index in [1.165, 1.54) is 12.4 Å². The van der Waals surface area contributed by atoms with Crippen LogP contribution in [0, 0.1) is 5.82 Å². The fraction of sp³-hybridized carbons (Fsp3) is 0.0833. The fourth-order valence-electron chi connectivity index (χ4n) is 1.45. The predicted octanol–water partition coefficient (Wildman–Crippen LogP) is 4.38. The van der Waals surface area contributed by atoms with Crippen molar-refractivity contribution in [3.63, 3.8) is 0 Å². The van der Waals surface area contributed by atoms with E-state index in [1.807, 2.05) is 0 Å². The SMILES string of the molecule is Nc1cncc(Br)c1Oc1ccc(F)c(C(F)(F)F)c1. The first kappa shape index (κ1) is 14.6. The van der Waals surface area contributed by atoms with Crippen LogP contribution in [0.1, 0.15) is 5.56 Å². The van der Waals surface area contributed by atoms with Crippen LogP contribution in [0.5, 0.6) is 11.5 Å². The average Bonchev–Trinajstić information content (AvgIpc) is 2.34. The minimum atomic E-state index is -4.80. The summed E-state index contributed by atoms with van der Waals surface area (Å²) >= 11 is 3.11. The molecule has 0 unspecified atom stereocenters. The van der Waals surface area contributed by atoms with Crippen LogP contribution in [-0.4, -0.2) is 4.98 Å². The quantitative estimate of drug-likeness (QED) is 0.817. The maximum atomic E-state index is 13.1. The summed E-state index contributed by atoms with van der Waals surface area (Å²) in [6.07, 6.45) is -2.14. The van der Waals surface area contributed by atoms with Crippen LogP contribution < -0.4 is 10.5 Å². The van der Waals surface area contributed by atoms with Gasteiger partial charge in [-0.15, -0.1) is 0 Å². The molecule has 2 aromatic rings. The van der Waals surface area contributed by atoms with E-state index in [-0.39, 0.29) is 17.2 Å². The molecule has 20 heavy (non-hydrogen) atoms. The normalized spacial score (nSPS) is 11.4. The molecule has 0 aliphatic carbocycles. The molecule has 2 rings (SSSR count). The van der Waals surface area contributed by atoms with Crippen molar-refractivity contribution in [2.75, 3.05) is 5.73 Å². The lowest BCUT2D eigenvalue weighted by Crippen LogP contribution is -2.08. The molecule has 0 aliphatic rings. The summed E-state index contributed by atoms with van der Waals surface area (Å²) in [6, 6.07) is 2.34. The minimum Gasteiger partial charge on any atom is -0.454 e. The van der Waals surface area contributed by atoms with Gasteiger partial charge < -0.3 is 10.5 Å². The highest BCUT2D eigenvalue weighted by Crippen LogP contribution is 2.37. The molecule has 0 saturated carbocycles. The summed E-state index contributed by atoms with van der Waals surface area (Å²) in [5.74, 6) is -1.44. The van der Waals surface area contributed by atoms with Gasteiger partial charge in [-0.2, -0.15) is 13.2 Å². The van der Waals surface area contributed by atoms with Crippen LogP contribution in [0.3, 0.4) is 0 Å². The summed E-state index contributed by atoms with van der Waals surface area (Å²) in [7, 11) is 0. The van der Waals surface area contributed by atoms with Crippen LogP contribution in [0.4, 0.5) is 23.2 Å². The summed E-state index contributed by atoms with van der Waals surface area (Å²) in [5.41, 5.74) is 4.34. The Bertz CT molecular complexity index is 626. The third-order valence-electron chi connectivity index (χ3n) is 2.34. The van der Waals surface area contributed by atoms with Crippen molar-refractivity contribution in [1.29, 1.82) is 0 Å². The smallest absolute Gasteiger partial charge is 0.419 e. The van der Waals surface area contributed by atoms with Crippen LogP contribution in [-0.2, 0) is 6.18 Å². The van der Waals surface area contributed by atoms with Gasteiger partial charge in [-0.1, -0.05) is 0 Å². The molecule has 0 bridgehead atoms. The number of anilines is 1. The molecule has 1 aromatic heterocycles. The molecule has 0 atom stereocenters. The number of nitrogens with two attached hydrogens (primary N) is 1. The summed E-state index contributed by atoms with van der Waals surface area (Å²) in [4.78, 5) is 3.77. The second kappa shape index (κ2) is 5.28. The van der Waals surface area contributed by atoms with Gasteiger partial charge in [-0.25, -0.2) is 4.39 Å².